The maximum Gasteiger partial charge on any atom is 0.417 e. The summed E-state index contributed by atoms with van der Waals surface area (Å²) in [7, 11) is 0. The molecule has 17 heavy (non-hydrogen) atoms. The van der Waals surface area contributed by atoms with Crippen molar-refractivity contribution in [3.63, 3.8) is 0 Å². The number of aromatic nitrogens is 1. The van der Waals surface area contributed by atoms with Crippen molar-refractivity contribution in [1.82, 2.24) is 4.98 Å². The fraction of sp³-hybridized carbons (Fsp3) is 0.462. The number of pyridine rings is 1. The van der Waals surface area contributed by atoms with Crippen LogP contribution in [-0.2, 0) is 11.6 Å². The first-order valence-corrected chi connectivity index (χ1v) is 5.36. The van der Waals surface area contributed by atoms with Gasteiger partial charge in [-0.1, -0.05) is 32.9 Å². The molecule has 0 spiro atoms. The Kier molecular flexibility index (Phi) is 3.65. The van der Waals surface area contributed by atoms with E-state index in [9.17, 15) is 13.2 Å². The van der Waals surface area contributed by atoms with E-state index >= 15 is 0 Å². The van der Waals surface area contributed by atoms with E-state index in [0.717, 1.165) is 6.07 Å². The van der Waals surface area contributed by atoms with E-state index in [1.165, 1.54) is 12.3 Å². The molecule has 94 valence electrons. The summed E-state index contributed by atoms with van der Waals surface area (Å²) in [5, 5.41) is 0. The number of rotatable bonds is 1. The van der Waals surface area contributed by atoms with Crippen molar-refractivity contribution < 1.29 is 13.2 Å². The van der Waals surface area contributed by atoms with Crippen LogP contribution in [0, 0.1) is 0 Å². The number of alkyl halides is 3. The van der Waals surface area contributed by atoms with Gasteiger partial charge in [0.1, 0.15) is 0 Å². The molecule has 0 atom stereocenters. The lowest BCUT2D eigenvalue weighted by molar-refractivity contribution is -0.137. The molecular formula is C13H16F3N. The van der Waals surface area contributed by atoms with E-state index in [1.807, 2.05) is 20.8 Å². The SMILES string of the molecule is C/C=C/c1cnc(C(C)(C)C)cc1C(F)(F)F. The van der Waals surface area contributed by atoms with Crippen LogP contribution in [-0.4, -0.2) is 4.98 Å². The minimum absolute atomic E-state index is 0.105. The Balaban J connectivity index is 3.40. The molecule has 0 saturated carbocycles. The Morgan fingerprint density at radius 3 is 2.18 bits per heavy atom. The molecule has 1 heterocycles. The number of hydrogen-bond donors (Lipinski definition) is 0. The molecule has 4 heteroatoms. The van der Waals surface area contributed by atoms with Crippen LogP contribution in [0.25, 0.3) is 6.08 Å². The van der Waals surface area contributed by atoms with Crippen molar-refractivity contribution in [3.8, 4) is 0 Å². The van der Waals surface area contributed by atoms with Gasteiger partial charge in [-0.15, -0.1) is 0 Å². The largest absolute Gasteiger partial charge is 0.417 e. The predicted octanol–water partition coefficient (Wildman–Crippen LogP) is 4.43. The fourth-order valence-corrected chi connectivity index (χ4v) is 1.43. The second kappa shape index (κ2) is 4.51. The molecule has 0 aromatic carbocycles. The van der Waals surface area contributed by atoms with Crippen LogP contribution in [0.1, 0.15) is 44.5 Å². The molecule has 0 bridgehead atoms. The first-order valence-electron chi connectivity index (χ1n) is 5.36. The highest BCUT2D eigenvalue weighted by Crippen LogP contribution is 2.34. The molecule has 1 aromatic rings. The fourth-order valence-electron chi connectivity index (χ4n) is 1.43. The number of halogens is 3. The molecule has 0 aliphatic carbocycles. The molecule has 0 aliphatic heterocycles. The second-order valence-corrected chi connectivity index (χ2v) is 4.90. The van der Waals surface area contributed by atoms with Crippen molar-refractivity contribution in [1.29, 1.82) is 0 Å². The summed E-state index contributed by atoms with van der Waals surface area (Å²) < 4.78 is 38.6. The molecule has 0 unspecified atom stereocenters. The topological polar surface area (TPSA) is 12.9 Å². The number of hydrogen-bond acceptors (Lipinski definition) is 1. The van der Waals surface area contributed by atoms with Gasteiger partial charge in [-0.2, -0.15) is 13.2 Å². The summed E-state index contributed by atoms with van der Waals surface area (Å²) in [5.41, 5.74) is -0.476. The van der Waals surface area contributed by atoms with E-state index in [1.54, 1.807) is 13.0 Å². The third-order valence-electron chi connectivity index (χ3n) is 2.35. The Bertz CT molecular complexity index is 425. The van der Waals surface area contributed by atoms with Gasteiger partial charge in [0.25, 0.3) is 0 Å². The second-order valence-electron chi connectivity index (χ2n) is 4.90. The maximum absolute atomic E-state index is 12.9. The van der Waals surface area contributed by atoms with Crippen molar-refractivity contribution in [2.45, 2.75) is 39.3 Å². The summed E-state index contributed by atoms with van der Waals surface area (Å²) in [5.74, 6) is 0. The Labute approximate surface area is 99.4 Å². The lowest BCUT2D eigenvalue weighted by Gasteiger charge is -2.20. The molecule has 0 radical (unpaired) electrons. The first-order chi connectivity index (χ1) is 7.66. The van der Waals surface area contributed by atoms with Gasteiger partial charge in [0.05, 0.1) is 5.56 Å². The van der Waals surface area contributed by atoms with E-state index in [2.05, 4.69) is 4.98 Å². The lowest BCUT2D eigenvalue weighted by Crippen LogP contribution is -2.17. The van der Waals surface area contributed by atoms with Gasteiger partial charge in [-0.25, -0.2) is 0 Å². The van der Waals surface area contributed by atoms with E-state index < -0.39 is 17.2 Å². The van der Waals surface area contributed by atoms with Gasteiger partial charge in [-0.05, 0) is 13.0 Å². The molecule has 0 amide bonds. The van der Waals surface area contributed by atoms with Crippen LogP contribution in [0.4, 0.5) is 13.2 Å². The van der Waals surface area contributed by atoms with Gasteiger partial charge in [0.15, 0.2) is 0 Å². The highest BCUT2D eigenvalue weighted by atomic mass is 19.4. The third-order valence-corrected chi connectivity index (χ3v) is 2.35. The zero-order valence-electron chi connectivity index (χ0n) is 10.4. The first kappa shape index (κ1) is 13.7. The molecule has 1 nitrogen and oxygen atoms in total. The Morgan fingerprint density at radius 2 is 1.76 bits per heavy atom. The normalized spacial score (nSPS) is 13.4. The van der Waals surface area contributed by atoms with Crippen molar-refractivity contribution in [3.05, 3.63) is 35.2 Å². The predicted molar refractivity (Wildman–Crippen MR) is 62.6 cm³/mol. The monoisotopic (exact) mass is 243 g/mol. The Hall–Kier alpha value is -1.32. The summed E-state index contributed by atoms with van der Waals surface area (Å²) in [6.07, 6.45) is -0.0769. The molecule has 1 aromatic heterocycles. The number of nitrogens with zero attached hydrogens (tertiary/aromatic N) is 1. The van der Waals surface area contributed by atoms with Crippen LogP contribution in [0.15, 0.2) is 18.3 Å². The Morgan fingerprint density at radius 1 is 1.18 bits per heavy atom. The quantitative estimate of drug-likeness (QED) is 0.711. The summed E-state index contributed by atoms with van der Waals surface area (Å²) in [6, 6.07) is 1.13. The van der Waals surface area contributed by atoms with Crippen LogP contribution in [0.2, 0.25) is 0 Å². The molecule has 0 fully saturated rings. The molecule has 1 rings (SSSR count). The van der Waals surface area contributed by atoms with Crippen LogP contribution < -0.4 is 0 Å². The standard InChI is InChI=1S/C13H16F3N/c1-5-6-9-8-17-11(12(2,3)4)7-10(9)13(14,15)16/h5-8H,1-4H3/b6-5+. The minimum Gasteiger partial charge on any atom is -0.260 e. The smallest absolute Gasteiger partial charge is 0.260 e. The van der Waals surface area contributed by atoms with Gasteiger partial charge in [0.2, 0.25) is 0 Å². The van der Waals surface area contributed by atoms with Crippen molar-refractivity contribution in [2.75, 3.05) is 0 Å². The lowest BCUT2D eigenvalue weighted by atomic mass is 9.90. The molecule has 0 saturated heterocycles. The minimum atomic E-state index is -4.35. The van der Waals surface area contributed by atoms with Gasteiger partial charge < -0.3 is 0 Å². The van der Waals surface area contributed by atoms with Crippen LogP contribution in [0.5, 0.6) is 0 Å². The third kappa shape index (κ3) is 3.32. The number of allylic oxidation sites excluding steroid dienone is 1. The summed E-state index contributed by atoms with van der Waals surface area (Å²) in [6.45, 7) is 7.19. The van der Waals surface area contributed by atoms with E-state index in [4.69, 9.17) is 0 Å². The van der Waals surface area contributed by atoms with Gasteiger partial charge >= 0.3 is 6.18 Å². The molecular weight excluding hydrogens is 227 g/mol. The van der Waals surface area contributed by atoms with Gasteiger partial charge in [-0.3, -0.25) is 4.98 Å². The van der Waals surface area contributed by atoms with Crippen LogP contribution >= 0.6 is 0 Å². The van der Waals surface area contributed by atoms with Crippen molar-refractivity contribution >= 4 is 6.08 Å². The van der Waals surface area contributed by atoms with Crippen molar-refractivity contribution in [2.24, 2.45) is 0 Å². The average Bonchev–Trinajstić information content (AvgIpc) is 2.15. The maximum atomic E-state index is 12.9. The highest BCUT2D eigenvalue weighted by Gasteiger charge is 2.34. The van der Waals surface area contributed by atoms with Crippen LogP contribution in [0.3, 0.4) is 0 Å². The average molecular weight is 243 g/mol. The zero-order chi connectivity index (χ0) is 13.3. The van der Waals surface area contributed by atoms with E-state index in [0.29, 0.717) is 5.69 Å². The highest BCUT2D eigenvalue weighted by molar-refractivity contribution is 5.54. The molecule has 0 N–H and O–H groups in total. The summed E-state index contributed by atoms with van der Waals surface area (Å²) >= 11 is 0. The van der Waals surface area contributed by atoms with Gasteiger partial charge in [0, 0.05) is 22.9 Å². The molecule has 0 aliphatic rings. The van der Waals surface area contributed by atoms with E-state index in [-0.39, 0.29) is 5.56 Å². The zero-order valence-corrected chi connectivity index (χ0v) is 10.4. The summed E-state index contributed by atoms with van der Waals surface area (Å²) in [4.78, 5) is 4.09.